The highest BCUT2D eigenvalue weighted by atomic mass is 16.5. The van der Waals surface area contributed by atoms with Crippen molar-refractivity contribution in [2.75, 3.05) is 13.2 Å². The fourth-order valence-corrected chi connectivity index (χ4v) is 1.66. The zero-order valence-corrected chi connectivity index (χ0v) is 11.8. The molecule has 0 saturated carbocycles. The third-order valence-electron chi connectivity index (χ3n) is 2.67. The Morgan fingerprint density at radius 1 is 1.20 bits per heavy atom. The molecule has 20 heavy (non-hydrogen) atoms. The van der Waals surface area contributed by atoms with Crippen molar-refractivity contribution in [2.24, 2.45) is 0 Å². The summed E-state index contributed by atoms with van der Waals surface area (Å²) in [6.45, 7) is 4.36. The van der Waals surface area contributed by atoms with Crippen LogP contribution < -0.4 is 4.74 Å². The minimum Gasteiger partial charge on any atom is -0.491 e. The quantitative estimate of drug-likeness (QED) is 0.840. The molecule has 1 atom stereocenters. The van der Waals surface area contributed by atoms with E-state index in [0.29, 0.717) is 5.75 Å². The summed E-state index contributed by atoms with van der Waals surface area (Å²) in [5.41, 5.74) is 0.964. The van der Waals surface area contributed by atoms with Crippen molar-refractivity contribution < 1.29 is 14.6 Å². The van der Waals surface area contributed by atoms with Crippen LogP contribution in [-0.2, 0) is 4.74 Å². The molecule has 1 aromatic carbocycles. The fraction of sp³-hybridized carbons (Fsp3) is 0.400. The number of rotatable bonds is 7. The molecule has 0 aliphatic heterocycles. The van der Waals surface area contributed by atoms with Gasteiger partial charge in [-0.05, 0) is 44.2 Å². The van der Waals surface area contributed by atoms with Gasteiger partial charge < -0.3 is 14.6 Å². The standard InChI is InChI=1S/C15H20N2O3/c1-12(2)19-10-14(18)11-20-15-6-4-13(5-7-15)17-9-3-8-16-17/h3-9,12,14,18H,10-11H2,1-2H3. The van der Waals surface area contributed by atoms with Gasteiger partial charge in [0.15, 0.2) is 0 Å². The minimum absolute atomic E-state index is 0.109. The molecule has 5 nitrogen and oxygen atoms in total. The summed E-state index contributed by atoms with van der Waals surface area (Å²) in [5.74, 6) is 0.713. The van der Waals surface area contributed by atoms with Crippen LogP contribution in [0.4, 0.5) is 0 Å². The first-order chi connectivity index (χ1) is 9.65. The van der Waals surface area contributed by atoms with Crippen molar-refractivity contribution in [3.05, 3.63) is 42.7 Å². The van der Waals surface area contributed by atoms with Crippen LogP contribution in [0.3, 0.4) is 0 Å². The van der Waals surface area contributed by atoms with Gasteiger partial charge in [-0.25, -0.2) is 4.68 Å². The van der Waals surface area contributed by atoms with Gasteiger partial charge in [0.25, 0.3) is 0 Å². The topological polar surface area (TPSA) is 56.5 Å². The van der Waals surface area contributed by atoms with Crippen LogP contribution in [0, 0.1) is 0 Å². The zero-order valence-electron chi connectivity index (χ0n) is 11.8. The Labute approximate surface area is 118 Å². The van der Waals surface area contributed by atoms with E-state index >= 15 is 0 Å². The fourth-order valence-electron chi connectivity index (χ4n) is 1.66. The molecular weight excluding hydrogens is 256 g/mol. The molecule has 0 radical (unpaired) electrons. The first-order valence-corrected chi connectivity index (χ1v) is 6.67. The van der Waals surface area contributed by atoms with Gasteiger partial charge in [0, 0.05) is 12.4 Å². The Morgan fingerprint density at radius 3 is 2.55 bits per heavy atom. The lowest BCUT2D eigenvalue weighted by Gasteiger charge is -2.14. The summed E-state index contributed by atoms with van der Waals surface area (Å²) < 4.78 is 12.6. The second-order valence-corrected chi connectivity index (χ2v) is 4.79. The maximum absolute atomic E-state index is 9.70. The number of ether oxygens (including phenoxy) is 2. The Morgan fingerprint density at radius 2 is 1.95 bits per heavy atom. The van der Waals surface area contributed by atoms with Crippen LogP contribution in [0.5, 0.6) is 5.75 Å². The third-order valence-corrected chi connectivity index (χ3v) is 2.67. The molecule has 1 heterocycles. The summed E-state index contributed by atoms with van der Waals surface area (Å²) >= 11 is 0. The highest BCUT2D eigenvalue weighted by Crippen LogP contribution is 2.14. The molecular formula is C15H20N2O3. The number of hydrogen-bond acceptors (Lipinski definition) is 4. The van der Waals surface area contributed by atoms with Crippen LogP contribution in [0.2, 0.25) is 0 Å². The van der Waals surface area contributed by atoms with Crippen molar-refractivity contribution in [2.45, 2.75) is 26.1 Å². The zero-order chi connectivity index (χ0) is 14.4. The summed E-state index contributed by atoms with van der Waals surface area (Å²) in [7, 11) is 0. The number of aromatic nitrogens is 2. The molecule has 0 aliphatic carbocycles. The molecule has 1 N–H and O–H groups in total. The van der Waals surface area contributed by atoms with Crippen LogP contribution in [-0.4, -0.2) is 40.3 Å². The van der Waals surface area contributed by atoms with Crippen molar-refractivity contribution in [1.29, 1.82) is 0 Å². The van der Waals surface area contributed by atoms with E-state index in [0.717, 1.165) is 5.69 Å². The number of benzene rings is 1. The Bertz CT molecular complexity index is 494. The number of hydrogen-bond donors (Lipinski definition) is 1. The van der Waals surface area contributed by atoms with Crippen molar-refractivity contribution >= 4 is 0 Å². The van der Waals surface area contributed by atoms with E-state index in [2.05, 4.69) is 5.10 Å². The molecule has 1 aromatic heterocycles. The van der Waals surface area contributed by atoms with Crippen molar-refractivity contribution in [3.8, 4) is 11.4 Å². The molecule has 0 bridgehead atoms. The lowest BCUT2D eigenvalue weighted by molar-refractivity contribution is -0.0122. The van der Waals surface area contributed by atoms with Gasteiger partial charge in [-0.15, -0.1) is 0 Å². The highest BCUT2D eigenvalue weighted by Gasteiger charge is 2.07. The maximum atomic E-state index is 9.70. The van der Waals surface area contributed by atoms with E-state index in [1.807, 2.05) is 50.4 Å². The number of nitrogens with zero attached hydrogens (tertiary/aromatic N) is 2. The molecule has 0 fully saturated rings. The SMILES string of the molecule is CC(C)OCC(O)COc1ccc(-n2cccn2)cc1. The third kappa shape index (κ3) is 4.36. The van der Waals surface area contributed by atoms with Gasteiger partial charge in [-0.3, -0.25) is 0 Å². The highest BCUT2D eigenvalue weighted by molar-refractivity contribution is 5.36. The normalized spacial score (nSPS) is 12.6. The van der Waals surface area contributed by atoms with Gasteiger partial charge in [0.2, 0.25) is 0 Å². The van der Waals surface area contributed by atoms with Gasteiger partial charge in [-0.2, -0.15) is 5.10 Å². The minimum atomic E-state index is -0.622. The maximum Gasteiger partial charge on any atom is 0.119 e. The van der Waals surface area contributed by atoms with Gasteiger partial charge in [0.05, 0.1) is 18.4 Å². The Balaban J connectivity index is 1.82. The lowest BCUT2D eigenvalue weighted by Crippen LogP contribution is -2.25. The second-order valence-electron chi connectivity index (χ2n) is 4.79. The predicted octanol–water partition coefficient (Wildman–Crippen LogP) is 2.04. The number of aliphatic hydroxyl groups excluding tert-OH is 1. The van der Waals surface area contributed by atoms with Crippen molar-refractivity contribution in [3.63, 3.8) is 0 Å². The molecule has 2 aromatic rings. The lowest BCUT2D eigenvalue weighted by atomic mass is 10.3. The summed E-state index contributed by atoms with van der Waals surface area (Å²) in [6, 6.07) is 9.41. The average molecular weight is 276 g/mol. The van der Waals surface area contributed by atoms with E-state index in [1.54, 1.807) is 10.9 Å². The van der Waals surface area contributed by atoms with Crippen LogP contribution in [0.15, 0.2) is 42.7 Å². The molecule has 0 spiro atoms. The summed E-state index contributed by atoms with van der Waals surface area (Å²) in [6.07, 6.45) is 3.10. The Kier molecular flexibility index (Phi) is 5.15. The van der Waals surface area contributed by atoms with E-state index < -0.39 is 6.10 Å². The molecule has 0 amide bonds. The molecule has 2 rings (SSSR count). The smallest absolute Gasteiger partial charge is 0.119 e. The summed E-state index contributed by atoms with van der Waals surface area (Å²) in [5, 5.41) is 13.9. The first kappa shape index (κ1) is 14.6. The van der Waals surface area contributed by atoms with Crippen LogP contribution >= 0.6 is 0 Å². The molecule has 5 heteroatoms. The largest absolute Gasteiger partial charge is 0.491 e. The van der Waals surface area contributed by atoms with Crippen LogP contribution in [0.25, 0.3) is 5.69 Å². The predicted molar refractivity (Wildman–Crippen MR) is 76.2 cm³/mol. The Hall–Kier alpha value is -1.85. The molecule has 1 unspecified atom stereocenters. The average Bonchev–Trinajstić information content (AvgIpc) is 2.97. The molecule has 108 valence electrons. The molecule has 0 saturated heterocycles. The van der Waals surface area contributed by atoms with E-state index in [-0.39, 0.29) is 19.3 Å². The van der Waals surface area contributed by atoms with E-state index in [1.165, 1.54) is 0 Å². The monoisotopic (exact) mass is 276 g/mol. The van der Waals surface area contributed by atoms with Gasteiger partial charge in [-0.1, -0.05) is 0 Å². The van der Waals surface area contributed by atoms with E-state index in [4.69, 9.17) is 9.47 Å². The van der Waals surface area contributed by atoms with Gasteiger partial charge in [0.1, 0.15) is 18.5 Å². The van der Waals surface area contributed by atoms with Crippen LogP contribution in [0.1, 0.15) is 13.8 Å². The summed E-state index contributed by atoms with van der Waals surface area (Å²) in [4.78, 5) is 0. The second kappa shape index (κ2) is 7.07. The first-order valence-electron chi connectivity index (χ1n) is 6.67. The number of aliphatic hydroxyl groups is 1. The van der Waals surface area contributed by atoms with E-state index in [9.17, 15) is 5.11 Å². The molecule has 0 aliphatic rings. The van der Waals surface area contributed by atoms with Gasteiger partial charge >= 0.3 is 0 Å². The van der Waals surface area contributed by atoms with Crippen molar-refractivity contribution in [1.82, 2.24) is 9.78 Å².